The third-order valence-corrected chi connectivity index (χ3v) is 12.3. The van der Waals surface area contributed by atoms with Gasteiger partial charge in [0.15, 0.2) is 0 Å². The lowest BCUT2D eigenvalue weighted by molar-refractivity contribution is 0.913. The molecule has 0 fully saturated rings. The molecule has 0 aliphatic heterocycles. The Kier molecular flexibility index (Phi) is 9.93. The van der Waals surface area contributed by atoms with E-state index in [0.29, 0.717) is 6.54 Å². The van der Waals surface area contributed by atoms with Crippen molar-refractivity contribution in [2.45, 2.75) is 12.6 Å². The summed E-state index contributed by atoms with van der Waals surface area (Å²) in [4.78, 5) is 9.98. The average Bonchev–Trinajstić information content (AvgIpc) is 3.08. The van der Waals surface area contributed by atoms with Gasteiger partial charge in [0.25, 0.3) is 0 Å². The number of benzene rings is 5. The molecule has 6 rings (SSSR count). The lowest BCUT2D eigenvalue weighted by atomic mass is 10.2. The normalized spacial score (nSPS) is 11.4. The summed E-state index contributed by atoms with van der Waals surface area (Å²) in [6.07, 6.45) is 3.80. The first kappa shape index (κ1) is 28.9. The molecule has 5 aromatic carbocycles. The highest BCUT2D eigenvalue weighted by Gasteiger charge is 2.18. The first-order valence-corrected chi connectivity index (χ1v) is 17.5. The van der Waals surface area contributed by atoms with Gasteiger partial charge < -0.3 is 0 Å². The van der Waals surface area contributed by atoms with Crippen LogP contribution in [0.15, 0.2) is 169 Å². The van der Waals surface area contributed by atoms with E-state index in [1.165, 1.54) is 32.1 Å². The van der Waals surface area contributed by atoms with Crippen LogP contribution >= 0.6 is 15.8 Å². The lowest BCUT2D eigenvalue weighted by Crippen LogP contribution is -2.23. The van der Waals surface area contributed by atoms with E-state index >= 15 is 0 Å². The molecule has 0 saturated heterocycles. The van der Waals surface area contributed by atoms with Gasteiger partial charge >= 0.3 is 0 Å². The predicted molar refractivity (Wildman–Crippen MR) is 188 cm³/mol. The molecule has 1 heterocycles. The zero-order valence-corrected chi connectivity index (χ0v) is 25.9. The number of pyridine rings is 1. The summed E-state index contributed by atoms with van der Waals surface area (Å²) in [7, 11) is -1.21. The van der Waals surface area contributed by atoms with Crippen molar-refractivity contribution in [1.82, 2.24) is 4.98 Å². The molecule has 1 aromatic heterocycles. The van der Waals surface area contributed by atoms with E-state index in [4.69, 9.17) is 9.98 Å². The minimum Gasteiger partial charge on any atom is -0.292 e. The molecule has 0 aliphatic rings. The number of aliphatic imine (C=N–C) groups is 1. The molecule has 0 radical (unpaired) electrons. The molecule has 4 heteroatoms. The maximum absolute atomic E-state index is 5.08. The zero-order chi connectivity index (χ0) is 29.1. The van der Waals surface area contributed by atoms with E-state index in [-0.39, 0.29) is 0 Å². The summed E-state index contributed by atoms with van der Waals surface area (Å²) in [5, 5.41) is 6.78. The van der Waals surface area contributed by atoms with E-state index in [1.807, 2.05) is 0 Å². The summed E-state index contributed by atoms with van der Waals surface area (Å²) in [5.41, 5.74) is 3.41. The molecule has 6 aromatic rings. The summed E-state index contributed by atoms with van der Waals surface area (Å²) in [5.74, 6) is 0. The van der Waals surface area contributed by atoms with Gasteiger partial charge in [-0.1, -0.05) is 152 Å². The predicted octanol–water partition coefficient (Wildman–Crippen LogP) is 7.13. The quantitative estimate of drug-likeness (QED) is 0.116. The van der Waals surface area contributed by atoms with Crippen molar-refractivity contribution in [3.05, 3.63) is 181 Å². The van der Waals surface area contributed by atoms with Gasteiger partial charge in [-0.25, -0.2) is 0 Å². The highest BCUT2D eigenvalue weighted by Crippen LogP contribution is 2.37. The van der Waals surface area contributed by atoms with Crippen LogP contribution < -0.4 is 26.5 Å². The summed E-state index contributed by atoms with van der Waals surface area (Å²) in [6, 6.07) is 58.5. The summed E-state index contributed by atoms with van der Waals surface area (Å²) in [6.45, 7) is 0.700. The Morgan fingerprint density at radius 2 is 0.977 bits per heavy atom. The second kappa shape index (κ2) is 14.8. The van der Waals surface area contributed by atoms with Gasteiger partial charge in [0.1, 0.15) is 0 Å². The van der Waals surface area contributed by atoms with Crippen LogP contribution in [-0.4, -0.2) is 17.7 Å². The van der Waals surface area contributed by atoms with Crippen LogP contribution in [0.25, 0.3) is 0 Å². The number of aromatic nitrogens is 1. The van der Waals surface area contributed by atoms with Gasteiger partial charge in [-0.3, -0.25) is 9.98 Å². The fourth-order valence-corrected chi connectivity index (χ4v) is 9.84. The second-order valence-corrected chi connectivity index (χ2v) is 14.6. The number of nitrogens with zero attached hydrogens (tertiary/aromatic N) is 2. The number of hydrogen-bond acceptors (Lipinski definition) is 2. The van der Waals surface area contributed by atoms with Gasteiger partial charge in [-0.2, -0.15) is 0 Å². The monoisotopic (exact) mass is 592 g/mol. The smallest absolute Gasteiger partial charge is 0.0456 e. The van der Waals surface area contributed by atoms with Crippen LogP contribution in [0, 0.1) is 0 Å². The Labute approximate surface area is 257 Å². The molecule has 0 saturated carbocycles. The Morgan fingerprint density at radius 1 is 0.488 bits per heavy atom. The molecular weight excluding hydrogens is 558 g/mol. The molecule has 43 heavy (non-hydrogen) atoms. The van der Waals surface area contributed by atoms with Gasteiger partial charge in [0, 0.05) is 42.3 Å². The second-order valence-electron chi connectivity index (χ2n) is 10.2. The molecule has 0 bridgehead atoms. The van der Waals surface area contributed by atoms with Crippen LogP contribution in [0.5, 0.6) is 0 Å². The highest BCUT2D eigenvalue weighted by molar-refractivity contribution is 7.80. The van der Waals surface area contributed by atoms with Crippen molar-refractivity contribution in [3.8, 4) is 0 Å². The first-order chi connectivity index (χ1) is 21.3. The fourth-order valence-electron chi connectivity index (χ4n) is 5.19. The molecule has 0 unspecified atom stereocenters. The fraction of sp³-hybridized carbons (Fsp3) is 0.0769. The highest BCUT2D eigenvalue weighted by atomic mass is 31.1. The molecule has 0 amide bonds. The van der Waals surface area contributed by atoms with E-state index < -0.39 is 15.8 Å². The molecule has 0 spiro atoms. The Morgan fingerprint density at radius 3 is 1.56 bits per heavy atom. The van der Waals surface area contributed by atoms with Crippen molar-refractivity contribution < 1.29 is 0 Å². The molecule has 0 aliphatic carbocycles. The van der Waals surface area contributed by atoms with Crippen molar-refractivity contribution in [2.75, 3.05) is 6.54 Å². The van der Waals surface area contributed by atoms with Crippen molar-refractivity contribution >= 4 is 48.6 Å². The Hall–Kier alpha value is -4.22. The van der Waals surface area contributed by atoms with E-state index in [1.54, 1.807) is 0 Å². The van der Waals surface area contributed by atoms with Crippen LogP contribution in [0.1, 0.15) is 17.0 Å². The topological polar surface area (TPSA) is 25.2 Å². The van der Waals surface area contributed by atoms with Gasteiger partial charge in [0.2, 0.25) is 0 Å². The van der Waals surface area contributed by atoms with Gasteiger partial charge in [0.05, 0.1) is 0 Å². The van der Waals surface area contributed by atoms with Crippen molar-refractivity contribution in [2.24, 2.45) is 4.99 Å². The Bertz CT molecular complexity index is 1660. The number of hydrogen-bond donors (Lipinski definition) is 0. The molecule has 0 atom stereocenters. The molecule has 0 N–H and O–H groups in total. The van der Waals surface area contributed by atoms with Gasteiger partial charge in [-0.15, -0.1) is 0 Å². The minimum atomic E-state index is -0.685. The molecule has 2 nitrogen and oxygen atoms in total. The van der Waals surface area contributed by atoms with Gasteiger partial charge in [-0.05, 0) is 54.5 Å². The standard InChI is InChI=1S/C39H34N2P2/c1-5-19-35(20-6-1)42(36-21-7-2-8-22-36)31-34-18-15-17-33(41-34)28-29-40-30-32-16-13-14-27-39(32)43(37-23-9-3-10-24-37)38-25-11-4-12-26-38/h1-27,30H,28-29,31H2/b40-30+. The van der Waals surface area contributed by atoms with Crippen molar-refractivity contribution in [1.29, 1.82) is 0 Å². The maximum atomic E-state index is 5.08. The van der Waals surface area contributed by atoms with Crippen LogP contribution in [-0.2, 0) is 12.6 Å². The zero-order valence-electron chi connectivity index (χ0n) is 24.1. The molecular formula is C39H34N2P2. The van der Waals surface area contributed by atoms with Crippen molar-refractivity contribution in [3.63, 3.8) is 0 Å². The SMILES string of the molecule is C(=N\CCc1cccc(CP(c2ccccc2)c2ccccc2)n1)/c1ccccc1P(c1ccccc1)c1ccccc1. The Balaban J connectivity index is 1.18. The first-order valence-electron chi connectivity index (χ1n) is 14.7. The lowest BCUT2D eigenvalue weighted by Gasteiger charge is -2.21. The summed E-state index contributed by atoms with van der Waals surface area (Å²) >= 11 is 0. The van der Waals surface area contributed by atoms with E-state index in [0.717, 1.165) is 24.0 Å². The molecule has 210 valence electrons. The number of rotatable bonds is 11. The van der Waals surface area contributed by atoms with Crippen LogP contribution in [0.3, 0.4) is 0 Å². The van der Waals surface area contributed by atoms with E-state index in [9.17, 15) is 0 Å². The van der Waals surface area contributed by atoms with E-state index in [2.05, 4.69) is 170 Å². The largest absolute Gasteiger partial charge is 0.292 e. The minimum absolute atomic E-state index is 0.525. The third-order valence-electron chi connectivity index (χ3n) is 7.25. The summed E-state index contributed by atoms with van der Waals surface area (Å²) < 4.78 is 0. The maximum Gasteiger partial charge on any atom is 0.0456 e. The van der Waals surface area contributed by atoms with Crippen LogP contribution in [0.2, 0.25) is 0 Å². The van der Waals surface area contributed by atoms with Crippen LogP contribution in [0.4, 0.5) is 0 Å². The average molecular weight is 593 g/mol. The third kappa shape index (κ3) is 7.60.